The topological polar surface area (TPSA) is 34.1 Å². The summed E-state index contributed by atoms with van der Waals surface area (Å²) in [6.45, 7) is 5.25. The van der Waals surface area contributed by atoms with E-state index in [9.17, 15) is 9.00 Å². The van der Waals surface area contributed by atoms with Crippen LogP contribution in [0.1, 0.15) is 27.2 Å². The highest BCUT2D eigenvalue weighted by Gasteiger charge is 2.10. The number of carbonyl (C=O) groups excluding carboxylic acids is 1. The number of ketones is 1. The standard InChI is InChI=1S/C7H14O2S/c1-4-10(9)7(3)5-6(2)8/h7H,4-5H2,1-3H3. The Hall–Kier alpha value is -0.180. The van der Waals surface area contributed by atoms with Crippen LogP contribution in [0.15, 0.2) is 0 Å². The van der Waals surface area contributed by atoms with Crippen LogP contribution in [0, 0.1) is 0 Å². The van der Waals surface area contributed by atoms with Crippen molar-refractivity contribution in [3.05, 3.63) is 0 Å². The summed E-state index contributed by atoms with van der Waals surface area (Å²) >= 11 is 0. The summed E-state index contributed by atoms with van der Waals surface area (Å²) in [4.78, 5) is 10.5. The van der Waals surface area contributed by atoms with E-state index in [2.05, 4.69) is 0 Å². The summed E-state index contributed by atoms with van der Waals surface area (Å²) in [5.74, 6) is 0.767. The Kier molecular flexibility index (Phi) is 4.52. The van der Waals surface area contributed by atoms with Crippen LogP contribution in [0.5, 0.6) is 0 Å². The molecule has 2 unspecified atom stereocenters. The van der Waals surface area contributed by atoms with Gasteiger partial charge in [0.1, 0.15) is 5.78 Å². The second kappa shape index (κ2) is 4.61. The zero-order chi connectivity index (χ0) is 8.15. The maximum absolute atomic E-state index is 11.0. The molecule has 10 heavy (non-hydrogen) atoms. The molecule has 0 aromatic heterocycles. The fourth-order valence-corrected chi connectivity index (χ4v) is 1.77. The summed E-state index contributed by atoms with van der Waals surface area (Å²) < 4.78 is 11.0. The van der Waals surface area contributed by atoms with Gasteiger partial charge in [0, 0.05) is 28.2 Å². The fraction of sp³-hybridized carbons (Fsp3) is 0.857. The van der Waals surface area contributed by atoms with Gasteiger partial charge in [-0.3, -0.25) is 9.00 Å². The number of carbonyl (C=O) groups is 1. The van der Waals surface area contributed by atoms with E-state index in [1.165, 1.54) is 6.92 Å². The van der Waals surface area contributed by atoms with Gasteiger partial charge in [0.25, 0.3) is 0 Å². The molecule has 3 heteroatoms. The summed E-state index contributed by atoms with van der Waals surface area (Å²) in [5.41, 5.74) is 0. The van der Waals surface area contributed by atoms with Crippen LogP contribution < -0.4 is 0 Å². The van der Waals surface area contributed by atoms with E-state index >= 15 is 0 Å². The smallest absolute Gasteiger partial charge is 0.131 e. The van der Waals surface area contributed by atoms with E-state index < -0.39 is 10.8 Å². The minimum atomic E-state index is -0.813. The number of hydrogen-bond acceptors (Lipinski definition) is 2. The first-order chi connectivity index (χ1) is 4.57. The third-order valence-electron chi connectivity index (χ3n) is 1.31. The van der Waals surface area contributed by atoms with Crippen LogP contribution >= 0.6 is 0 Å². The van der Waals surface area contributed by atoms with Gasteiger partial charge >= 0.3 is 0 Å². The maximum atomic E-state index is 11.0. The van der Waals surface area contributed by atoms with Gasteiger partial charge < -0.3 is 0 Å². The van der Waals surface area contributed by atoms with E-state index in [-0.39, 0.29) is 11.0 Å². The maximum Gasteiger partial charge on any atom is 0.131 e. The van der Waals surface area contributed by atoms with Gasteiger partial charge in [0.05, 0.1) is 0 Å². The lowest BCUT2D eigenvalue weighted by atomic mass is 10.2. The van der Waals surface area contributed by atoms with Gasteiger partial charge in [0.15, 0.2) is 0 Å². The van der Waals surface area contributed by atoms with Gasteiger partial charge in [-0.1, -0.05) is 13.8 Å². The highest BCUT2D eigenvalue weighted by atomic mass is 32.2. The van der Waals surface area contributed by atoms with Crippen molar-refractivity contribution < 1.29 is 9.00 Å². The molecule has 0 amide bonds. The molecule has 0 fully saturated rings. The first kappa shape index (κ1) is 9.82. The second-order valence-corrected chi connectivity index (χ2v) is 4.53. The molecule has 2 atom stereocenters. The number of hydrogen-bond donors (Lipinski definition) is 0. The molecule has 0 aromatic carbocycles. The van der Waals surface area contributed by atoms with Crippen LogP contribution in [0.4, 0.5) is 0 Å². The van der Waals surface area contributed by atoms with Gasteiger partial charge in [0.2, 0.25) is 0 Å². The molecular formula is C7H14O2S. The van der Waals surface area contributed by atoms with Crippen molar-refractivity contribution in [2.24, 2.45) is 0 Å². The van der Waals surface area contributed by atoms with Crippen LogP contribution in [-0.2, 0) is 15.6 Å². The number of Topliss-reactive ketones (excluding diaryl/α,β-unsaturated/α-hetero) is 1. The van der Waals surface area contributed by atoms with Crippen LogP contribution in [0.2, 0.25) is 0 Å². The highest BCUT2D eigenvalue weighted by molar-refractivity contribution is 7.85. The van der Waals surface area contributed by atoms with Crippen LogP contribution in [-0.4, -0.2) is 21.0 Å². The van der Waals surface area contributed by atoms with E-state index in [1.54, 1.807) is 0 Å². The molecule has 0 heterocycles. The van der Waals surface area contributed by atoms with Crippen molar-refractivity contribution in [1.29, 1.82) is 0 Å². The molecule has 0 aliphatic rings. The normalized spacial score (nSPS) is 16.3. The summed E-state index contributed by atoms with van der Waals surface area (Å²) in [7, 11) is -0.813. The largest absolute Gasteiger partial charge is 0.300 e. The Bertz CT molecular complexity index is 143. The van der Waals surface area contributed by atoms with E-state index in [0.717, 1.165) is 0 Å². The fourth-order valence-electron chi connectivity index (χ4n) is 0.782. The molecule has 0 bridgehead atoms. The average Bonchev–Trinajstić information content (AvgIpc) is 1.85. The SMILES string of the molecule is CCS(=O)C(C)CC(C)=O. The minimum Gasteiger partial charge on any atom is -0.300 e. The second-order valence-electron chi connectivity index (χ2n) is 2.39. The lowest BCUT2D eigenvalue weighted by molar-refractivity contribution is -0.116. The van der Waals surface area contributed by atoms with Crippen molar-refractivity contribution in [1.82, 2.24) is 0 Å². The zero-order valence-electron chi connectivity index (χ0n) is 6.72. The molecule has 0 saturated heterocycles. The molecule has 0 spiro atoms. The molecule has 0 radical (unpaired) electrons. The summed E-state index contributed by atoms with van der Waals surface area (Å²) in [5, 5.41) is 0.0301. The average molecular weight is 162 g/mol. The lowest BCUT2D eigenvalue weighted by Crippen LogP contribution is -2.15. The molecular weight excluding hydrogens is 148 g/mol. The Morgan fingerprint density at radius 3 is 2.40 bits per heavy atom. The Morgan fingerprint density at radius 1 is 1.60 bits per heavy atom. The van der Waals surface area contributed by atoms with Crippen molar-refractivity contribution in [2.75, 3.05) is 5.75 Å². The predicted molar refractivity (Wildman–Crippen MR) is 43.4 cm³/mol. The molecule has 0 rings (SSSR count). The first-order valence-corrected chi connectivity index (χ1v) is 4.82. The quantitative estimate of drug-likeness (QED) is 0.621. The molecule has 0 aliphatic carbocycles. The summed E-state index contributed by atoms with van der Waals surface area (Å²) in [6, 6.07) is 0. The molecule has 2 nitrogen and oxygen atoms in total. The van der Waals surface area contributed by atoms with E-state index in [4.69, 9.17) is 0 Å². The Labute approximate surface area is 64.5 Å². The van der Waals surface area contributed by atoms with E-state index in [0.29, 0.717) is 12.2 Å². The van der Waals surface area contributed by atoms with Crippen LogP contribution in [0.3, 0.4) is 0 Å². The van der Waals surface area contributed by atoms with Gasteiger partial charge in [-0.15, -0.1) is 0 Å². The Balaban J connectivity index is 3.72. The molecule has 60 valence electrons. The molecule has 0 aliphatic heterocycles. The van der Waals surface area contributed by atoms with Crippen molar-refractivity contribution in [3.63, 3.8) is 0 Å². The monoisotopic (exact) mass is 162 g/mol. The van der Waals surface area contributed by atoms with Crippen LogP contribution in [0.25, 0.3) is 0 Å². The highest BCUT2D eigenvalue weighted by Crippen LogP contribution is 2.01. The lowest BCUT2D eigenvalue weighted by Gasteiger charge is -2.05. The minimum absolute atomic E-state index is 0.0301. The Morgan fingerprint density at radius 2 is 2.10 bits per heavy atom. The van der Waals surface area contributed by atoms with Crippen molar-refractivity contribution >= 4 is 16.6 Å². The van der Waals surface area contributed by atoms with Gasteiger partial charge in [-0.05, 0) is 6.92 Å². The predicted octanol–water partition coefficient (Wildman–Crippen LogP) is 1.12. The molecule has 0 N–H and O–H groups in total. The third kappa shape index (κ3) is 3.77. The number of rotatable bonds is 4. The first-order valence-electron chi connectivity index (χ1n) is 3.44. The third-order valence-corrected chi connectivity index (χ3v) is 2.94. The molecule has 0 aromatic rings. The molecule has 0 saturated carbocycles. The van der Waals surface area contributed by atoms with Crippen molar-refractivity contribution in [3.8, 4) is 0 Å². The van der Waals surface area contributed by atoms with Crippen molar-refractivity contribution in [2.45, 2.75) is 32.4 Å². The van der Waals surface area contributed by atoms with E-state index in [1.807, 2.05) is 13.8 Å². The van der Waals surface area contributed by atoms with Gasteiger partial charge in [-0.2, -0.15) is 0 Å². The summed E-state index contributed by atoms with van der Waals surface area (Å²) in [6.07, 6.45) is 0.445. The zero-order valence-corrected chi connectivity index (χ0v) is 7.53. The van der Waals surface area contributed by atoms with Gasteiger partial charge in [-0.25, -0.2) is 0 Å².